The van der Waals surface area contributed by atoms with E-state index in [0.717, 1.165) is 25.4 Å². The highest BCUT2D eigenvalue weighted by Crippen LogP contribution is 2.31. The minimum absolute atomic E-state index is 0.0117. The van der Waals surface area contributed by atoms with E-state index in [1.807, 2.05) is 6.07 Å². The van der Waals surface area contributed by atoms with Gasteiger partial charge in [-0.25, -0.2) is 0 Å². The molecule has 2 aromatic rings. The van der Waals surface area contributed by atoms with Gasteiger partial charge in [0, 0.05) is 24.6 Å². The van der Waals surface area contributed by atoms with Crippen molar-refractivity contribution < 1.29 is 23.5 Å². The third-order valence-electron chi connectivity index (χ3n) is 6.50. The van der Waals surface area contributed by atoms with Gasteiger partial charge in [0.1, 0.15) is 11.5 Å². The topological polar surface area (TPSA) is 92.1 Å². The van der Waals surface area contributed by atoms with Crippen molar-refractivity contribution in [3.05, 3.63) is 47.4 Å². The van der Waals surface area contributed by atoms with Crippen molar-refractivity contribution in [1.29, 1.82) is 0 Å². The first-order valence-electron chi connectivity index (χ1n) is 11.3. The lowest BCUT2D eigenvalue weighted by atomic mass is 9.88. The maximum Gasteiger partial charge on any atom is 0.289 e. The molecule has 32 heavy (non-hydrogen) atoms. The Kier molecular flexibility index (Phi) is 5.70. The smallest absolute Gasteiger partial charge is 0.289 e. The first kappa shape index (κ1) is 20.8. The van der Waals surface area contributed by atoms with E-state index in [1.54, 1.807) is 29.2 Å². The van der Waals surface area contributed by atoms with E-state index >= 15 is 0 Å². The third kappa shape index (κ3) is 4.27. The van der Waals surface area contributed by atoms with Crippen molar-refractivity contribution in [2.45, 2.75) is 32.2 Å². The van der Waals surface area contributed by atoms with Gasteiger partial charge in [0.25, 0.3) is 11.8 Å². The van der Waals surface area contributed by atoms with Crippen molar-refractivity contribution in [2.75, 3.05) is 38.1 Å². The van der Waals surface area contributed by atoms with Crippen molar-refractivity contribution in [2.24, 2.45) is 5.92 Å². The summed E-state index contributed by atoms with van der Waals surface area (Å²) >= 11 is 0. The molecule has 5 rings (SSSR count). The molecule has 0 atom stereocenters. The molecule has 1 N–H and O–H groups in total. The molecule has 1 aromatic heterocycles. The van der Waals surface area contributed by atoms with Gasteiger partial charge in [-0.2, -0.15) is 0 Å². The van der Waals surface area contributed by atoms with E-state index in [0.29, 0.717) is 48.7 Å². The van der Waals surface area contributed by atoms with Crippen molar-refractivity contribution in [3.8, 4) is 5.75 Å². The second kappa shape index (κ2) is 8.78. The molecule has 0 bridgehead atoms. The van der Waals surface area contributed by atoms with E-state index in [9.17, 15) is 14.4 Å². The van der Waals surface area contributed by atoms with Crippen molar-refractivity contribution in [3.63, 3.8) is 0 Å². The van der Waals surface area contributed by atoms with Gasteiger partial charge in [0.2, 0.25) is 0 Å². The Morgan fingerprint density at radius 2 is 1.81 bits per heavy atom. The predicted molar refractivity (Wildman–Crippen MR) is 117 cm³/mol. The molecular weight excluding hydrogens is 410 g/mol. The lowest BCUT2D eigenvalue weighted by molar-refractivity contribution is -0.118. The average Bonchev–Trinajstić information content (AvgIpc) is 3.50. The van der Waals surface area contributed by atoms with Crippen LogP contribution in [-0.2, 0) is 11.3 Å². The predicted octanol–water partition coefficient (Wildman–Crippen LogP) is 2.94. The average molecular weight is 437 g/mol. The maximum atomic E-state index is 13.0. The second-order valence-electron chi connectivity index (χ2n) is 8.73. The normalized spacial score (nSPS) is 19.4. The number of carbonyl (C=O) groups is 3. The van der Waals surface area contributed by atoms with Gasteiger partial charge in [-0.1, -0.05) is 0 Å². The van der Waals surface area contributed by atoms with Crippen LogP contribution in [-0.4, -0.2) is 60.2 Å². The highest BCUT2D eigenvalue weighted by atomic mass is 16.5. The summed E-state index contributed by atoms with van der Waals surface area (Å²) in [5.41, 5.74) is 1.08. The molecule has 1 aromatic carbocycles. The maximum absolute atomic E-state index is 13.0. The highest BCUT2D eigenvalue weighted by Gasteiger charge is 2.30. The standard InChI is InChI=1S/C24H27N3O5/c28-22-15-31-20-5-3-17(13-19(20)25-22)23(29)16-7-11-27(12-8-16)24(30)21-6-4-18(32-21)14-26-9-1-2-10-26/h3-6,13,16H,1-2,7-12,14-15H2,(H,25,28). The summed E-state index contributed by atoms with van der Waals surface area (Å²) in [7, 11) is 0. The summed E-state index contributed by atoms with van der Waals surface area (Å²) in [6.45, 7) is 3.92. The largest absolute Gasteiger partial charge is 0.482 e. The van der Waals surface area contributed by atoms with Gasteiger partial charge in [-0.15, -0.1) is 0 Å². The summed E-state index contributed by atoms with van der Waals surface area (Å²) in [4.78, 5) is 41.5. The molecule has 8 nitrogen and oxygen atoms in total. The third-order valence-corrected chi connectivity index (χ3v) is 6.50. The van der Waals surface area contributed by atoms with Gasteiger partial charge in [-0.05, 0) is 69.1 Å². The molecule has 3 aliphatic heterocycles. The summed E-state index contributed by atoms with van der Waals surface area (Å²) in [6.07, 6.45) is 3.64. The minimum atomic E-state index is -0.226. The first-order valence-corrected chi connectivity index (χ1v) is 11.3. The minimum Gasteiger partial charge on any atom is -0.482 e. The number of ether oxygens (including phenoxy) is 1. The van der Waals surface area contributed by atoms with Gasteiger partial charge in [0.15, 0.2) is 18.2 Å². The highest BCUT2D eigenvalue weighted by molar-refractivity contribution is 6.02. The number of benzene rings is 1. The van der Waals surface area contributed by atoms with Crippen LogP contribution in [0.4, 0.5) is 5.69 Å². The zero-order valence-electron chi connectivity index (χ0n) is 18.0. The molecule has 168 valence electrons. The Balaban J connectivity index is 1.17. The molecular formula is C24H27N3O5. The number of rotatable bonds is 5. The van der Waals surface area contributed by atoms with Gasteiger partial charge < -0.3 is 19.4 Å². The number of likely N-dealkylation sites (tertiary alicyclic amines) is 2. The monoisotopic (exact) mass is 437 g/mol. The fourth-order valence-corrected chi connectivity index (χ4v) is 4.71. The first-order chi connectivity index (χ1) is 15.6. The van der Waals surface area contributed by atoms with Crippen molar-refractivity contribution >= 4 is 23.3 Å². The fraction of sp³-hybridized carbons (Fsp3) is 0.458. The lowest BCUT2D eigenvalue weighted by Crippen LogP contribution is -2.40. The number of Topliss-reactive ketones (excluding diaryl/α,β-unsaturated/α-hetero) is 1. The number of carbonyl (C=O) groups excluding carboxylic acids is 3. The van der Waals surface area contributed by atoms with Crippen molar-refractivity contribution in [1.82, 2.24) is 9.80 Å². The van der Waals surface area contributed by atoms with E-state index in [-0.39, 0.29) is 30.1 Å². The van der Waals surface area contributed by atoms with E-state index in [4.69, 9.17) is 9.15 Å². The van der Waals surface area contributed by atoms with Crippen LogP contribution in [0, 0.1) is 5.92 Å². The number of hydrogen-bond acceptors (Lipinski definition) is 6. The molecule has 4 heterocycles. The molecule has 0 spiro atoms. The summed E-state index contributed by atoms with van der Waals surface area (Å²) in [5.74, 6) is 1.31. The van der Waals surface area contributed by atoms with Crippen LogP contribution in [0.1, 0.15) is 52.4 Å². The van der Waals surface area contributed by atoms with Crippen LogP contribution in [0.2, 0.25) is 0 Å². The van der Waals surface area contributed by atoms with Crippen LogP contribution in [0.15, 0.2) is 34.7 Å². The number of piperidine rings is 1. The summed E-state index contributed by atoms with van der Waals surface area (Å²) in [6, 6.07) is 8.78. The summed E-state index contributed by atoms with van der Waals surface area (Å²) < 4.78 is 11.2. The molecule has 3 aliphatic rings. The Labute approximate surface area is 186 Å². The molecule has 0 radical (unpaired) electrons. The number of nitrogens with zero attached hydrogens (tertiary/aromatic N) is 2. The van der Waals surface area contributed by atoms with Crippen LogP contribution < -0.4 is 10.1 Å². The lowest BCUT2D eigenvalue weighted by Gasteiger charge is -2.31. The van der Waals surface area contributed by atoms with E-state index < -0.39 is 0 Å². The van der Waals surface area contributed by atoms with E-state index in [1.165, 1.54) is 12.8 Å². The Hall–Kier alpha value is -3.13. The van der Waals surface area contributed by atoms with Gasteiger partial charge in [-0.3, -0.25) is 19.3 Å². The zero-order valence-corrected chi connectivity index (χ0v) is 18.0. The number of furan rings is 1. The zero-order chi connectivity index (χ0) is 22.1. The molecule has 8 heteroatoms. The molecule has 0 saturated carbocycles. The molecule has 2 fully saturated rings. The van der Waals surface area contributed by atoms with Crippen LogP contribution in [0.3, 0.4) is 0 Å². The number of nitrogens with one attached hydrogen (secondary N) is 1. The van der Waals surface area contributed by atoms with Gasteiger partial charge in [0.05, 0.1) is 12.2 Å². The quantitative estimate of drug-likeness (QED) is 0.723. The number of fused-ring (bicyclic) bond motifs is 1. The number of hydrogen-bond donors (Lipinski definition) is 1. The number of anilines is 1. The van der Waals surface area contributed by atoms with Crippen LogP contribution in [0.5, 0.6) is 5.75 Å². The Bertz CT molecular complexity index is 1030. The fourth-order valence-electron chi connectivity index (χ4n) is 4.71. The number of amides is 2. The Morgan fingerprint density at radius 3 is 2.59 bits per heavy atom. The molecule has 2 amide bonds. The molecule has 0 aliphatic carbocycles. The van der Waals surface area contributed by atoms with Crippen LogP contribution >= 0.6 is 0 Å². The molecule has 0 unspecified atom stereocenters. The van der Waals surface area contributed by atoms with Crippen LogP contribution in [0.25, 0.3) is 0 Å². The number of ketones is 1. The second-order valence-corrected chi connectivity index (χ2v) is 8.73. The van der Waals surface area contributed by atoms with E-state index in [2.05, 4.69) is 10.2 Å². The summed E-state index contributed by atoms with van der Waals surface area (Å²) in [5, 5.41) is 2.74. The SMILES string of the molecule is O=C1COc2ccc(C(=O)C3CCN(C(=O)c4ccc(CN5CCCC5)o4)CC3)cc2N1. The molecule has 2 saturated heterocycles. The van der Waals surface area contributed by atoms with Gasteiger partial charge >= 0.3 is 0 Å². The Morgan fingerprint density at radius 1 is 1.03 bits per heavy atom.